The highest BCUT2D eigenvalue weighted by molar-refractivity contribution is 5.99. The van der Waals surface area contributed by atoms with Crippen LogP contribution in [0.4, 0.5) is 13.2 Å². The summed E-state index contributed by atoms with van der Waals surface area (Å²) in [4.78, 5) is 44.0. The highest BCUT2D eigenvalue weighted by Gasteiger charge is 2.38. The van der Waals surface area contributed by atoms with E-state index in [4.69, 9.17) is 14.9 Å². The maximum Gasteiger partial charge on any atom is 0.490 e. The van der Waals surface area contributed by atoms with E-state index in [0.29, 0.717) is 24.3 Å². The number of amides is 2. The molecule has 2 N–H and O–H groups in total. The molecule has 1 aliphatic heterocycles. The number of likely N-dealkylation sites (N-methyl/N-ethyl adjacent to an activating group) is 1. The van der Waals surface area contributed by atoms with Crippen molar-refractivity contribution in [3.05, 3.63) is 71.8 Å². The average Bonchev–Trinajstić information content (AvgIpc) is 3.56. The number of carboxylic acids is 1. The summed E-state index contributed by atoms with van der Waals surface area (Å²) in [5, 5.41) is 10.1. The summed E-state index contributed by atoms with van der Waals surface area (Å²) < 4.78 is 33.7. The van der Waals surface area contributed by atoms with Gasteiger partial charge in [0.1, 0.15) is 5.82 Å². The van der Waals surface area contributed by atoms with E-state index in [2.05, 4.69) is 24.1 Å². The smallest absolute Gasteiger partial charge is 0.475 e. The molecule has 0 bridgehead atoms. The molecule has 4 rings (SSSR count). The Hall–Kier alpha value is -3.93. The van der Waals surface area contributed by atoms with Crippen LogP contribution in [0.2, 0.25) is 0 Å². The molecular weight excluding hydrogens is 515 g/mol. The summed E-state index contributed by atoms with van der Waals surface area (Å²) in [6, 6.07) is 14.9. The Bertz CT molecular complexity index is 1280. The Morgan fingerprint density at radius 1 is 1.08 bits per heavy atom. The van der Waals surface area contributed by atoms with Crippen molar-refractivity contribution < 1.29 is 32.7 Å². The molecule has 9 nitrogen and oxygen atoms in total. The van der Waals surface area contributed by atoms with Gasteiger partial charge in [-0.2, -0.15) is 13.2 Å². The van der Waals surface area contributed by atoms with Crippen LogP contribution in [-0.2, 0) is 4.79 Å². The lowest BCUT2D eigenvalue weighted by atomic mass is 10.1. The van der Waals surface area contributed by atoms with Crippen LogP contribution in [0, 0.1) is 0 Å². The van der Waals surface area contributed by atoms with Gasteiger partial charge >= 0.3 is 12.1 Å². The lowest BCUT2D eigenvalue weighted by Gasteiger charge is -2.24. The number of hydrogen-bond donors (Lipinski definition) is 2. The number of hydrogen-bond acceptors (Lipinski definition) is 5. The van der Waals surface area contributed by atoms with Crippen molar-refractivity contribution >= 4 is 23.3 Å². The summed E-state index contributed by atoms with van der Waals surface area (Å²) in [7, 11) is 0. The zero-order chi connectivity index (χ0) is 28.6. The molecule has 0 aliphatic carbocycles. The minimum absolute atomic E-state index is 0.00556. The molecule has 3 heterocycles. The molecule has 1 fully saturated rings. The number of pyridine rings is 1. The third kappa shape index (κ3) is 7.34. The summed E-state index contributed by atoms with van der Waals surface area (Å²) in [5.74, 6) is -2.18. The predicted octanol–water partition coefficient (Wildman–Crippen LogP) is 4.02. The van der Waals surface area contributed by atoms with Gasteiger partial charge in [0.2, 0.25) is 0 Å². The van der Waals surface area contributed by atoms with Crippen molar-refractivity contribution in [1.82, 2.24) is 24.5 Å². The molecule has 1 saturated heterocycles. The maximum absolute atomic E-state index is 13.2. The molecule has 1 aromatic carbocycles. The van der Waals surface area contributed by atoms with Crippen LogP contribution in [0.1, 0.15) is 59.4 Å². The molecule has 12 heteroatoms. The zero-order valence-electron chi connectivity index (χ0n) is 21.8. The molecule has 1 atom stereocenters. The summed E-state index contributed by atoms with van der Waals surface area (Å²) in [6.45, 7) is 8.21. The van der Waals surface area contributed by atoms with Gasteiger partial charge in [-0.3, -0.25) is 9.59 Å². The Morgan fingerprint density at radius 3 is 2.33 bits per heavy atom. The topological polar surface area (TPSA) is 107 Å². The van der Waals surface area contributed by atoms with Crippen LogP contribution < -0.4 is 5.32 Å². The molecule has 0 spiro atoms. The Labute approximate surface area is 224 Å². The van der Waals surface area contributed by atoms with Crippen molar-refractivity contribution in [2.45, 2.75) is 38.9 Å². The molecule has 0 radical (unpaired) electrons. The van der Waals surface area contributed by atoms with Gasteiger partial charge in [-0.1, -0.05) is 38.1 Å². The van der Waals surface area contributed by atoms with E-state index in [0.717, 1.165) is 43.8 Å². The van der Waals surface area contributed by atoms with Crippen LogP contribution in [0.15, 0.2) is 54.7 Å². The quantitative estimate of drug-likeness (QED) is 0.441. The fraction of sp³-hybridized carbons (Fsp3) is 0.407. The molecule has 1 unspecified atom stereocenters. The number of nitrogens with zero attached hydrogens (tertiary/aromatic N) is 4. The van der Waals surface area contributed by atoms with Crippen molar-refractivity contribution in [2.75, 3.05) is 32.7 Å². The van der Waals surface area contributed by atoms with Crippen LogP contribution in [0.3, 0.4) is 0 Å². The standard InChI is InChI=1S/C25H31N5O2.C2HF3O2/c1-3-28(4-2)18-15-26-24(31)22-20-13-8-9-16-29(20)23(27-22)21-14-10-17-30(21)25(32)19-11-6-5-7-12-19;3-2(4,5)1(6)7/h5-9,11-13,16,21H,3-4,10,14-15,17-18H2,1-2H3,(H,26,31);(H,6,7). The number of alkyl halides is 3. The van der Waals surface area contributed by atoms with Gasteiger partial charge in [-0.25, -0.2) is 9.78 Å². The monoisotopic (exact) mass is 547 g/mol. The number of aliphatic carboxylic acids is 1. The number of carboxylic acid groups (broad SMARTS) is 1. The van der Waals surface area contributed by atoms with Gasteiger partial charge in [0, 0.05) is 31.4 Å². The highest BCUT2D eigenvalue weighted by Crippen LogP contribution is 2.33. The lowest BCUT2D eigenvalue weighted by Crippen LogP contribution is -2.35. The SMILES string of the molecule is CCN(CC)CCNC(=O)c1nc(C2CCCN2C(=O)c2ccccc2)n2ccccc12.O=C(O)C(F)(F)F. The summed E-state index contributed by atoms with van der Waals surface area (Å²) in [5.41, 5.74) is 1.86. The minimum Gasteiger partial charge on any atom is -0.475 e. The maximum atomic E-state index is 13.2. The highest BCUT2D eigenvalue weighted by atomic mass is 19.4. The molecule has 3 aromatic rings. The van der Waals surface area contributed by atoms with Gasteiger partial charge in [-0.15, -0.1) is 0 Å². The molecule has 39 heavy (non-hydrogen) atoms. The largest absolute Gasteiger partial charge is 0.490 e. The van der Waals surface area contributed by atoms with Gasteiger partial charge in [0.05, 0.1) is 11.6 Å². The molecule has 2 aromatic heterocycles. The van der Waals surface area contributed by atoms with E-state index in [9.17, 15) is 22.8 Å². The molecule has 210 valence electrons. The fourth-order valence-electron chi connectivity index (χ4n) is 4.44. The first-order valence-corrected chi connectivity index (χ1v) is 12.7. The third-order valence-electron chi connectivity index (χ3n) is 6.47. The van der Waals surface area contributed by atoms with Gasteiger partial charge < -0.3 is 24.6 Å². The van der Waals surface area contributed by atoms with Crippen LogP contribution in [-0.4, -0.2) is 81.0 Å². The Morgan fingerprint density at radius 2 is 1.72 bits per heavy atom. The first-order chi connectivity index (χ1) is 18.6. The van der Waals surface area contributed by atoms with Crippen LogP contribution in [0.5, 0.6) is 0 Å². The zero-order valence-corrected chi connectivity index (χ0v) is 21.8. The number of carbonyl (C=O) groups is 3. The Kier molecular flexibility index (Phi) is 10.0. The number of halogens is 3. The van der Waals surface area contributed by atoms with Crippen molar-refractivity contribution in [3.63, 3.8) is 0 Å². The second-order valence-corrected chi connectivity index (χ2v) is 8.88. The van der Waals surface area contributed by atoms with Gasteiger partial charge in [0.15, 0.2) is 5.69 Å². The first-order valence-electron chi connectivity index (χ1n) is 12.7. The van der Waals surface area contributed by atoms with Crippen LogP contribution >= 0.6 is 0 Å². The fourth-order valence-corrected chi connectivity index (χ4v) is 4.44. The normalized spacial score (nSPS) is 15.2. The van der Waals surface area contributed by atoms with Gasteiger partial charge in [0.25, 0.3) is 11.8 Å². The molecule has 0 saturated carbocycles. The predicted molar refractivity (Wildman–Crippen MR) is 138 cm³/mol. The van der Waals surface area contributed by atoms with E-state index < -0.39 is 12.1 Å². The van der Waals surface area contributed by atoms with Crippen LogP contribution in [0.25, 0.3) is 5.52 Å². The number of fused-ring (bicyclic) bond motifs is 1. The number of carbonyl (C=O) groups excluding carboxylic acids is 2. The lowest BCUT2D eigenvalue weighted by molar-refractivity contribution is -0.192. The summed E-state index contributed by atoms with van der Waals surface area (Å²) >= 11 is 0. The number of benzene rings is 1. The van der Waals surface area contributed by atoms with E-state index >= 15 is 0 Å². The van der Waals surface area contributed by atoms with E-state index in [1.54, 1.807) is 0 Å². The molecular formula is C27H32F3N5O4. The van der Waals surface area contributed by atoms with Crippen molar-refractivity contribution in [2.24, 2.45) is 0 Å². The van der Waals surface area contributed by atoms with E-state index in [1.165, 1.54) is 0 Å². The number of rotatable bonds is 8. The van der Waals surface area contributed by atoms with Crippen molar-refractivity contribution in [3.8, 4) is 0 Å². The molecule has 2 amide bonds. The second kappa shape index (κ2) is 13.2. The number of aromatic nitrogens is 2. The number of likely N-dealkylation sites (tertiary alicyclic amines) is 1. The van der Waals surface area contributed by atoms with Gasteiger partial charge in [-0.05, 0) is 50.2 Å². The third-order valence-corrected chi connectivity index (χ3v) is 6.47. The number of imidazole rings is 1. The van der Waals surface area contributed by atoms with E-state index in [-0.39, 0.29) is 17.9 Å². The first kappa shape index (κ1) is 29.6. The average molecular weight is 548 g/mol. The van der Waals surface area contributed by atoms with Crippen molar-refractivity contribution in [1.29, 1.82) is 0 Å². The Balaban J connectivity index is 0.000000532. The number of nitrogens with one attached hydrogen (secondary N) is 1. The molecule has 1 aliphatic rings. The minimum atomic E-state index is -5.08. The summed E-state index contributed by atoms with van der Waals surface area (Å²) in [6.07, 6.45) is -1.42. The van der Waals surface area contributed by atoms with E-state index in [1.807, 2.05) is 64.0 Å². The second-order valence-electron chi connectivity index (χ2n) is 8.88.